The predicted octanol–water partition coefficient (Wildman–Crippen LogP) is 2.04. The number of hydrogen-bond donors (Lipinski definition) is 0. The minimum absolute atomic E-state index is 0.0215. The Kier molecular flexibility index (Phi) is 4.63. The third kappa shape index (κ3) is 3.38. The summed E-state index contributed by atoms with van der Waals surface area (Å²) in [5.41, 5.74) is 0.390. The van der Waals surface area contributed by atoms with Crippen molar-refractivity contribution >= 4 is 5.97 Å². The fourth-order valence-electron chi connectivity index (χ4n) is 1.99. The van der Waals surface area contributed by atoms with Gasteiger partial charge in [-0.1, -0.05) is 0 Å². The summed E-state index contributed by atoms with van der Waals surface area (Å²) in [6.45, 7) is 1.03. The van der Waals surface area contributed by atoms with E-state index < -0.39 is 5.97 Å². The fraction of sp³-hybridized carbons (Fsp3) is 0.500. The van der Waals surface area contributed by atoms with Crippen LogP contribution in [0.1, 0.15) is 23.2 Å². The molecule has 0 bridgehead atoms. The van der Waals surface area contributed by atoms with Crippen LogP contribution in [0.5, 0.6) is 11.5 Å². The average Bonchev–Trinajstić information content (AvgIpc) is 2.97. The van der Waals surface area contributed by atoms with Gasteiger partial charge in [0.15, 0.2) is 0 Å². The first-order valence-corrected chi connectivity index (χ1v) is 6.25. The maximum Gasteiger partial charge on any atom is 0.342 e. The maximum atomic E-state index is 12.0. The molecule has 0 amide bonds. The lowest BCUT2D eigenvalue weighted by Gasteiger charge is -2.12. The van der Waals surface area contributed by atoms with Gasteiger partial charge in [-0.3, -0.25) is 0 Å². The number of rotatable bonds is 5. The molecular formula is C14H18O5. The highest BCUT2D eigenvalue weighted by molar-refractivity contribution is 5.92. The zero-order valence-electron chi connectivity index (χ0n) is 11.2. The zero-order chi connectivity index (χ0) is 13.7. The van der Waals surface area contributed by atoms with E-state index in [4.69, 9.17) is 18.9 Å². The van der Waals surface area contributed by atoms with Gasteiger partial charge in [0.25, 0.3) is 0 Å². The quantitative estimate of drug-likeness (QED) is 0.763. The third-order valence-corrected chi connectivity index (χ3v) is 3.05. The van der Waals surface area contributed by atoms with Gasteiger partial charge in [0.2, 0.25) is 0 Å². The van der Waals surface area contributed by atoms with Gasteiger partial charge in [0.1, 0.15) is 23.7 Å². The maximum absolute atomic E-state index is 12.0. The van der Waals surface area contributed by atoms with Gasteiger partial charge in [-0.2, -0.15) is 0 Å². The minimum atomic E-state index is -0.407. The molecule has 1 atom stereocenters. The summed E-state index contributed by atoms with van der Waals surface area (Å²) in [5.74, 6) is 0.666. The molecule has 5 nitrogen and oxygen atoms in total. The van der Waals surface area contributed by atoms with Crippen LogP contribution >= 0.6 is 0 Å². The molecule has 104 valence electrons. The lowest BCUT2D eigenvalue weighted by molar-refractivity contribution is 0.0159. The first kappa shape index (κ1) is 13.7. The van der Waals surface area contributed by atoms with Crippen molar-refractivity contribution in [3.63, 3.8) is 0 Å². The molecule has 0 saturated carbocycles. The van der Waals surface area contributed by atoms with E-state index in [0.717, 1.165) is 19.4 Å². The van der Waals surface area contributed by atoms with E-state index in [1.54, 1.807) is 25.3 Å². The normalized spacial score (nSPS) is 18.1. The van der Waals surface area contributed by atoms with Gasteiger partial charge in [0, 0.05) is 12.7 Å². The molecule has 1 saturated heterocycles. The Morgan fingerprint density at radius 1 is 1.37 bits per heavy atom. The van der Waals surface area contributed by atoms with Crippen LogP contribution < -0.4 is 9.47 Å². The molecule has 1 aliphatic heterocycles. The summed E-state index contributed by atoms with van der Waals surface area (Å²) in [7, 11) is 3.07. The van der Waals surface area contributed by atoms with Crippen LogP contribution in [-0.2, 0) is 9.47 Å². The van der Waals surface area contributed by atoms with Crippen LogP contribution in [0.4, 0.5) is 0 Å². The number of carbonyl (C=O) groups excluding carboxylic acids is 1. The third-order valence-electron chi connectivity index (χ3n) is 3.05. The van der Waals surface area contributed by atoms with E-state index in [1.807, 2.05) is 0 Å². The van der Waals surface area contributed by atoms with Crippen LogP contribution in [0.2, 0.25) is 0 Å². The number of methoxy groups -OCH3 is 2. The summed E-state index contributed by atoms with van der Waals surface area (Å²) >= 11 is 0. The van der Waals surface area contributed by atoms with Crippen LogP contribution in [-0.4, -0.2) is 39.5 Å². The second-order valence-corrected chi connectivity index (χ2v) is 4.30. The Hall–Kier alpha value is -1.75. The Bertz CT molecular complexity index is 437. The van der Waals surface area contributed by atoms with Gasteiger partial charge in [-0.15, -0.1) is 0 Å². The summed E-state index contributed by atoms with van der Waals surface area (Å²) in [5, 5.41) is 0. The molecule has 19 heavy (non-hydrogen) atoms. The molecule has 1 aromatic carbocycles. The van der Waals surface area contributed by atoms with E-state index in [-0.39, 0.29) is 12.7 Å². The number of esters is 1. The van der Waals surface area contributed by atoms with E-state index in [2.05, 4.69) is 0 Å². The summed E-state index contributed by atoms with van der Waals surface area (Å²) in [6.07, 6.45) is 1.98. The van der Waals surface area contributed by atoms with Gasteiger partial charge >= 0.3 is 5.97 Å². The molecule has 2 rings (SSSR count). The van der Waals surface area contributed by atoms with Crippen LogP contribution in [0, 0.1) is 0 Å². The SMILES string of the molecule is COc1ccc(C(=O)OCC2CCCO2)c(OC)c1. The van der Waals surface area contributed by atoms with Crippen molar-refractivity contribution in [1.82, 2.24) is 0 Å². The number of benzene rings is 1. The molecule has 1 aliphatic rings. The van der Waals surface area contributed by atoms with Crippen molar-refractivity contribution in [2.24, 2.45) is 0 Å². The van der Waals surface area contributed by atoms with Crippen LogP contribution in [0.15, 0.2) is 18.2 Å². The van der Waals surface area contributed by atoms with Gasteiger partial charge < -0.3 is 18.9 Å². The van der Waals surface area contributed by atoms with Crippen molar-refractivity contribution < 1.29 is 23.7 Å². The Morgan fingerprint density at radius 2 is 2.21 bits per heavy atom. The van der Waals surface area contributed by atoms with Gasteiger partial charge in [-0.05, 0) is 25.0 Å². The molecule has 0 N–H and O–H groups in total. The smallest absolute Gasteiger partial charge is 0.342 e. The first-order chi connectivity index (χ1) is 9.24. The monoisotopic (exact) mass is 266 g/mol. The molecular weight excluding hydrogens is 248 g/mol. The van der Waals surface area contributed by atoms with Crippen molar-refractivity contribution in [3.05, 3.63) is 23.8 Å². The highest BCUT2D eigenvalue weighted by Gasteiger charge is 2.20. The summed E-state index contributed by atoms with van der Waals surface area (Å²) < 4.78 is 20.9. The van der Waals surface area contributed by atoms with Crippen molar-refractivity contribution in [3.8, 4) is 11.5 Å². The Labute approximate surface area is 112 Å². The lowest BCUT2D eigenvalue weighted by atomic mass is 10.2. The number of ether oxygens (including phenoxy) is 4. The highest BCUT2D eigenvalue weighted by Crippen LogP contribution is 2.25. The van der Waals surface area contributed by atoms with E-state index in [9.17, 15) is 4.79 Å². The number of hydrogen-bond acceptors (Lipinski definition) is 5. The lowest BCUT2D eigenvalue weighted by Crippen LogP contribution is -2.18. The molecule has 1 fully saturated rings. The van der Waals surface area contributed by atoms with Crippen LogP contribution in [0.3, 0.4) is 0 Å². The van der Waals surface area contributed by atoms with E-state index >= 15 is 0 Å². The molecule has 5 heteroatoms. The van der Waals surface area contributed by atoms with Crippen molar-refractivity contribution in [2.45, 2.75) is 18.9 Å². The van der Waals surface area contributed by atoms with E-state index in [0.29, 0.717) is 17.1 Å². The molecule has 1 aromatic rings. The molecule has 0 aliphatic carbocycles. The van der Waals surface area contributed by atoms with Crippen molar-refractivity contribution in [1.29, 1.82) is 0 Å². The van der Waals surface area contributed by atoms with Crippen LogP contribution in [0.25, 0.3) is 0 Å². The Balaban J connectivity index is 2.01. The van der Waals surface area contributed by atoms with Gasteiger partial charge in [-0.25, -0.2) is 4.79 Å². The van der Waals surface area contributed by atoms with E-state index in [1.165, 1.54) is 7.11 Å². The second-order valence-electron chi connectivity index (χ2n) is 4.30. The fourth-order valence-corrected chi connectivity index (χ4v) is 1.99. The molecule has 1 heterocycles. The molecule has 0 radical (unpaired) electrons. The zero-order valence-corrected chi connectivity index (χ0v) is 11.2. The first-order valence-electron chi connectivity index (χ1n) is 6.25. The molecule has 0 aromatic heterocycles. The molecule has 1 unspecified atom stereocenters. The standard InChI is InChI=1S/C14H18O5/c1-16-10-5-6-12(13(8-10)17-2)14(15)19-9-11-4-3-7-18-11/h5-6,8,11H,3-4,7,9H2,1-2H3. The summed E-state index contributed by atoms with van der Waals surface area (Å²) in [6, 6.07) is 4.99. The van der Waals surface area contributed by atoms with Crippen molar-refractivity contribution in [2.75, 3.05) is 27.4 Å². The number of carbonyl (C=O) groups is 1. The Morgan fingerprint density at radius 3 is 2.84 bits per heavy atom. The summed E-state index contributed by atoms with van der Waals surface area (Å²) in [4.78, 5) is 12.0. The van der Waals surface area contributed by atoms with Gasteiger partial charge in [0.05, 0.1) is 20.3 Å². The topological polar surface area (TPSA) is 54.0 Å². The predicted molar refractivity (Wildman–Crippen MR) is 68.8 cm³/mol. The largest absolute Gasteiger partial charge is 0.497 e. The minimum Gasteiger partial charge on any atom is -0.497 e. The highest BCUT2D eigenvalue weighted by atomic mass is 16.6. The second kappa shape index (κ2) is 6.43. The average molecular weight is 266 g/mol. The molecule has 0 spiro atoms.